The van der Waals surface area contributed by atoms with Crippen molar-refractivity contribution >= 4 is 0 Å². The minimum Gasteiger partial charge on any atom is -0.0885 e. The summed E-state index contributed by atoms with van der Waals surface area (Å²) in [7, 11) is 0. The molecule has 0 unspecified atom stereocenters. The van der Waals surface area contributed by atoms with E-state index in [1.807, 2.05) is 0 Å². The number of hydrogen-bond acceptors (Lipinski definition) is 0. The fourth-order valence-corrected chi connectivity index (χ4v) is 1.46. The molecular formula is C13H20. The van der Waals surface area contributed by atoms with Crippen LogP contribution in [0.25, 0.3) is 0 Å². The second-order valence-electron chi connectivity index (χ2n) is 3.54. The van der Waals surface area contributed by atoms with Gasteiger partial charge in [-0.25, -0.2) is 0 Å². The highest BCUT2D eigenvalue weighted by atomic mass is 13.9. The Balaban J connectivity index is 2.28. The maximum Gasteiger partial charge on any atom is -0.0345 e. The smallest absolute Gasteiger partial charge is 0.0345 e. The molecule has 0 bridgehead atoms. The summed E-state index contributed by atoms with van der Waals surface area (Å²) >= 11 is 0. The number of hydrogen-bond donors (Lipinski definition) is 0. The van der Waals surface area contributed by atoms with Crippen molar-refractivity contribution in [3.63, 3.8) is 0 Å². The van der Waals surface area contributed by atoms with Gasteiger partial charge in [0.15, 0.2) is 0 Å². The Morgan fingerprint density at radius 1 is 0.462 bits per heavy atom. The molecule has 0 fully saturated rings. The van der Waals surface area contributed by atoms with Gasteiger partial charge >= 0.3 is 0 Å². The molecule has 0 nitrogen and oxygen atoms in total. The quantitative estimate of drug-likeness (QED) is 0.480. The van der Waals surface area contributed by atoms with E-state index in [4.69, 9.17) is 0 Å². The molecule has 0 atom stereocenters. The lowest BCUT2D eigenvalue weighted by atomic mass is 10.1. The lowest BCUT2D eigenvalue weighted by Gasteiger charge is -1.92. The van der Waals surface area contributed by atoms with Gasteiger partial charge in [-0.15, -0.1) is 0 Å². The molecule has 0 radical (unpaired) electrons. The largest absolute Gasteiger partial charge is 0.0885 e. The predicted octanol–water partition coefficient (Wildman–Crippen LogP) is 4.40. The molecule has 1 rings (SSSR count). The van der Waals surface area contributed by atoms with Gasteiger partial charge in [-0.1, -0.05) is 36.5 Å². The minimum absolute atomic E-state index is 1.22. The summed E-state index contributed by atoms with van der Waals surface area (Å²) in [5, 5.41) is 0. The van der Waals surface area contributed by atoms with Crippen LogP contribution in [0.15, 0.2) is 36.5 Å². The average molecular weight is 176 g/mol. The Hall–Kier alpha value is -0.780. The first-order valence-electron chi connectivity index (χ1n) is 5.47. The standard InChI is InChI=1S/C13H20/c1-2-4-6-8-10-12-13-11-9-7-5-3-1/h1-4,11,13H,5-10,12H2/b3-1?,4-2-,13-11+. The van der Waals surface area contributed by atoms with E-state index in [2.05, 4.69) is 36.5 Å². The Morgan fingerprint density at radius 2 is 0.923 bits per heavy atom. The summed E-state index contributed by atoms with van der Waals surface area (Å²) in [6.45, 7) is 0. The van der Waals surface area contributed by atoms with Crippen LogP contribution in [0, 0.1) is 0 Å². The van der Waals surface area contributed by atoms with Crippen LogP contribution >= 0.6 is 0 Å². The summed E-state index contributed by atoms with van der Waals surface area (Å²) in [6, 6.07) is 0. The van der Waals surface area contributed by atoms with Crippen molar-refractivity contribution in [1.29, 1.82) is 0 Å². The molecule has 1 aliphatic carbocycles. The lowest BCUT2D eigenvalue weighted by Crippen LogP contribution is -1.72. The highest BCUT2D eigenvalue weighted by molar-refractivity contribution is 5.02. The molecular weight excluding hydrogens is 156 g/mol. The van der Waals surface area contributed by atoms with E-state index in [0.29, 0.717) is 0 Å². The van der Waals surface area contributed by atoms with Crippen LogP contribution < -0.4 is 0 Å². The first-order valence-corrected chi connectivity index (χ1v) is 5.47. The van der Waals surface area contributed by atoms with Gasteiger partial charge in [0.05, 0.1) is 0 Å². The molecule has 0 amide bonds. The first kappa shape index (κ1) is 10.3. The molecule has 13 heavy (non-hydrogen) atoms. The van der Waals surface area contributed by atoms with Crippen molar-refractivity contribution in [2.75, 3.05) is 0 Å². The zero-order valence-electron chi connectivity index (χ0n) is 8.41. The summed E-state index contributed by atoms with van der Waals surface area (Å²) in [5.41, 5.74) is 0. The van der Waals surface area contributed by atoms with Gasteiger partial charge in [0.1, 0.15) is 0 Å². The minimum atomic E-state index is 1.22. The summed E-state index contributed by atoms with van der Waals surface area (Å²) < 4.78 is 0. The Kier molecular flexibility index (Phi) is 6.22. The average Bonchev–Trinajstić information content (AvgIpc) is 2.18. The number of rotatable bonds is 0. The van der Waals surface area contributed by atoms with Gasteiger partial charge in [0, 0.05) is 0 Å². The van der Waals surface area contributed by atoms with Crippen molar-refractivity contribution < 1.29 is 0 Å². The topological polar surface area (TPSA) is 0 Å². The molecule has 0 aliphatic heterocycles. The zero-order chi connectivity index (χ0) is 9.19. The molecule has 1 aliphatic rings. The highest BCUT2D eigenvalue weighted by Crippen LogP contribution is 2.05. The summed E-state index contributed by atoms with van der Waals surface area (Å²) in [6.07, 6.45) is 22.5. The van der Waals surface area contributed by atoms with Crippen molar-refractivity contribution in [3.05, 3.63) is 36.5 Å². The fraction of sp³-hybridized carbons (Fsp3) is 0.538. The summed E-state index contributed by atoms with van der Waals surface area (Å²) in [4.78, 5) is 0. The molecule has 0 heterocycles. The predicted molar refractivity (Wildman–Crippen MR) is 59.7 cm³/mol. The second kappa shape index (κ2) is 7.85. The van der Waals surface area contributed by atoms with Gasteiger partial charge < -0.3 is 0 Å². The fourth-order valence-electron chi connectivity index (χ4n) is 1.46. The molecule has 0 heteroatoms. The van der Waals surface area contributed by atoms with Crippen LogP contribution in [-0.2, 0) is 0 Å². The van der Waals surface area contributed by atoms with E-state index in [-0.39, 0.29) is 0 Å². The molecule has 0 aromatic carbocycles. The third-order valence-electron chi connectivity index (χ3n) is 2.28. The van der Waals surface area contributed by atoms with Gasteiger partial charge in [-0.05, 0) is 44.9 Å². The SMILES string of the molecule is C1=CCCC/C=C/CCCC/C=C\1. The van der Waals surface area contributed by atoms with Crippen molar-refractivity contribution in [2.24, 2.45) is 0 Å². The first-order chi connectivity index (χ1) is 6.50. The Morgan fingerprint density at radius 3 is 1.62 bits per heavy atom. The van der Waals surface area contributed by atoms with Crippen molar-refractivity contribution in [1.82, 2.24) is 0 Å². The number of allylic oxidation sites excluding steroid dienone is 6. The molecule has 72 valence electrons. The van der Waals surface area contributed by atoms with Crippen LogP contribution in [0.1, 0.15) is 44.9 Å². The maximum atomic E-state index is 2.34. The van der Waals surface area contributed by atoms with Crippen LogP contribution in [-0.4, -0.2) is 0 Å². The van der Waals surface area contributed by atoms with Gasteiger partial charge in [0.25, 0.3) is 0 Å². The summed E-state index contributed by atoms with van der Waals surface area (Å²) in [5.74, 6) is 0. The van der Waals surface area contributed by atoms with E-state index in [0.717, 1.165) is 0 Å². The third-order valence-corrected chi connectivity index (χ3v) is 2.28. The van der Waals surface area contributed by atoms with Gasteiger partial charge in [0.2, 0.25) is 0 Å². The molecule has 0 aromatic rings. The van der Waals surface area contributed by atoms with Crippen molar-refractivity contribution in [3.8, 4) is 0 Å². The van der Waals surface area contributed by atoms with E-state index in [1.54, 1.807) is 0 Å². The van der Waals surface area contributed by atoms with E-state index in [1.165, 1.54) is 44.9 Å². The second-order valence-corrected chi connectivity index (χ2v) is 3.54. The van der Waals surface area contributed by atoms with E-state index >= 15 is 0 Å². The monoisotopic (exact) mass is 176 g/mol. The van der Waals surface area contributed by atoms with Gasteiger partial charge in [-0.2, -0.15) is 0 Å². The maximum absolute atomic E-state index is 2.34. The zero-order valence-corrected chi connectivity index (χ0v) is 8.41. The van der Waals surface area contributed by atoms with Crippen LogP contribution in [0.4, 0.5) is 0 Å². The van der Waals surface area contributed by atoms with Gasteiger partial charge in [-0.3, -0.25) is 0 Å². The van der Waals surface area contributed by atoms with Crippen LogP contribution in [0.3, 0.4) is 0 Å². The molecule has 0 N–H and O–H groups in total. The van der Waals surface area contributed by atoms with E-state index < -0.39 is 0 Å². The Bertz CT molecular complexity index is 184. The lowest BCUT2D eigenvalue weighted by molar-refractivity contribution is 0.759. The molecule has 0 saturated heterocycles. The third kappa shape index (κ3) is 6.39. The van der Waals surface area contributed by atoms with Crippen LogP contribution in [0.2, 0.25) is 0 Å². The molecule has 0 saturated carbocycles. The van der Waals surface area contributed by atoms with Crippen LogP contribution in [0.5, 0.6) is 0 Å². The Labute approximate surface area is 82.0 Å². The molecule has 0 aromatic heterocycles. The van der Waals surface area contributed by atoms with Crippen molar-refractivity contribution in [2.45, 2.75) is 44.9 Å². The molecule has 0 spiro atoms. The van der Waals surface area contributed by atoms with E-state index in [9.17, 15) is 0 Å². The normalized spacial score (nSPS) is 25.2. The highest BCUT2D eigenvalue weighted by Gasteiger charge is 1.85.